The fraction of sp³-hybridized carbons (Fsp3) is 0.357. The number of carbonyl (C=O) groups excluding carboxylic acids is 1. The van der Waals surface area contributed by atoms with Gasteiger partial charge in [0, 0.05) is 18.5 Å². The monoisotopic (exact) mass is 288 g/mol. The number of hydrogen-bond donors (Lipinski definition) is 2. The van der Waals surface area contributed by atoms with E-state index in [-0.39, 0.29) is 23.3 Å². The molecule has 1 aromatic carbocycles. The van der Waals surface area contributed by atoms with Crippen LogP contribution >= 0.6 is 0 Å². The Balaban J connectivity index is 1.70. The second-order valence-electron chi connectivity index (χ2n) is 4.95. The van der Waals surface area contributed by atoms with E-state index < -0.39 is 0 Å². The quantitative estimate of drug-likeness (QED) is 0.869. The van der Waals surface area contributed by atoms with Gasteiger partial charge in [0.05, 0.1) is 19.2 Å². The van der Waals surface area contributed by atoms with Crippen LogP contribution in [0.15, 0.2) is 24.5 Å². The van der Waals surface area contributed by atoms with E-state index in [1.54, 1.807) is 16.8 Å². The second-order valence-corrected chi connectivity index (χ2v) is 4.95. The molecule has 3 rings (SSSR count). The maximum atomic E-state index is 12.2. The molecule has 7 nitrogen and oxygen atoms in total. The molecule has 0 aliphatic carbocycles. The summed E-state index contributed by atoms with van der Waals surface area (Å²) in [6.45, 7) is 0.595. The lowest BCUT2D eigenvalue weighted by Gasteiger charge is -2.23. The van der Waals surface area contributed by atoms with Crippen molar-refractivity contribution in [3.63, 3.8) is 0 Å². The highest BCUT2D eigenvalue weighted by Gasteiger charge is 2.22. The number of amides is 1. The number of nitrogens with one attached hydrogen (secondary N) is 1. The predicted octanol–water partition coefficient (Wildman–Crippen LogP) is 0.737. The van der Waals surface area contributed by atoms with E-state index >= 15 is 0 Å². The maximum absolute atomic E-state index is 12.2. The van der Waals surface area contributed by atoms with Gasteiger partial charge in [-0.15, -0.1) is 0 Å². The van der Waals surface area contributed by atoms with Gasteiger partial charge < -0.3 is 15.2 Å². The molecule has 0 saturated heterocycles. The highest BCUT2D eigenvalue weighted by molar-refractivity contribution is 5.97. The molecular formula is C14H16N4O3. The van der Waals surface area contributed by atoms with Crippen molar-refractivity contribution >= 4 is 5.91 Å². The first-order valence-corrected chi connectivity index (χ1v) is 6.72. The second kappa shape index (κ2) is 5.43. The molecule has 2 heterocycles. The molecule has 1 amide bonds. The number of aryl methyl sites for hydroxylation is 1. The third kappa shape index (κ3) is 2.67. The van der Waals surface area contributed by atoms with Crippen LogP contribution in [0.1, 0.15) is 22.6 Å². The molecule has 0 bridgehead atoms. The molecule has 0 fully saturated rings. The van der Waals surface area contributed by atoms with Gasteiger partial charge in [0.15, 0.2) is 0 Å². The average Bonchev–Trinajstić information content (AvgIpc) is 2.94. The normalized spacial score (nSPS) is 17.1. The molecule has 1 aliphatic rings. The van der Waals surface area contributed by atoms with Crippen LogP contribution < -0.4 is 10.1 Å². The zero-order valence-electron chi connectivity index (χ0n) is 11.6. The number of ether oxygens (including phenoxy) is 1. The Morgan fingerprint density at radius 1 is 1.52 bits per heavy atom. The van der Waals surface area contributed by atoms with E-state index in [0.29, 0.717) is 12.3 Å². The van der Waals surface area contributed by atoms with Gasteiger partial charge in [-0.05, 0) is 18.6 Å². The van der Waals surface area contributed by atoms with Crippen LogP contribution in [0, 0.1) is 0 Å². The molecule has 1 atom stereocenters. The first-order valence-electron chi connectivity index (χ1n) is 6.72. The first-order chi connectivity index (χ1) is 10.2. The lowest BCUT2D eigenvalue weighted by Crippen LogP contribution is -2.41. The number of nitrogens with zero attached hydrogens (tertiary/aromatic N) is 3. The number of aromatic hydroxyl groups is 1. The fourth-order valence-corrected chi connectivity index (χ4v) is 2.45. The van der Waals surface area contributed by atoms with E-state index in [0.717, 1.165) is 18.7 Å². The molecule has 1 aromatic heterocycles. The van der Waals surface area contributed by atoms with Crippen molar-refractivity contribution < 1.29 is 14.6 Å². The standard InChI is InChI=1S/C14H16N4O3/c1-21-10-3-4-11(12(19)6-10)14(20)17-9-2-5-13-15-8-16-18(13)7-9/h3-4,6,8-9,19H,2,5,7H2,1H3,(H,17,20). The number of aromatic nitrogens is 3. The molecule has 2 N–H and O–H groups in total. The van der Waals surface area contributed by atoms with E-state index in [2.05, 4.69) is 15.4 Å². The highest BCUT2D eigenvalue weighted by Crippen LogP contribution is 2.23. The summed E-state index contributed by atoms with van der Waals surface area (Å²) in [7, 11) is 1.51. The Labute approximate surface area is 121 Å². The van der Waals surface area contributed by atoms with Gasteiger partial charge in [-0.1, -0.05) is 0 Å². The predicted molar refractivity (Wildman–Crippen MR) is 74.3 cm³/mol. The first kappa shape index (κ1) is 13.4. The number of rotatable bonds is 3. The SMILES string of the molecule is COc1ccc(C(=O)NC2CCc3ncnn3C2)c(O)c1. The lowest BCUT2D eigenvalue weighted by atomic mass is 10.1. The van der Waals surface area contributed by atoms with Crippen molar-refractivity contribution in [2.24, 2.45) is 0 Å². The summed E-state index contributed by atoms with van der Waals surface area (Å²) >= 11 is 0. The van der Waals surface area contributed by atoms with E-state index in [4.69, 9.17) is 4.74 Å². The Morgan fingerprint density at radius 2 is 2.38 bits per heavy atom. The van der Waals surface area contributed by atoms with Gasteiger partial charge in [-0.25, -0.2) is 9.67 Å². The van der Waals surface area contributed by atoms with Crippen LogP contribution in [0.3, 0.4) is 0 Å². The van der Waals surface area contributed by atoms with Crippen LogP contribution in [-0.2, 0) is 13.0 Å². The van der Waals surface area contributed by atoms with Crippen LogP contribution in [0.2, 0.25) is 0 Å². The van der Waals surface area contributed by atoms with Gasteiger partial charge in [0.2, 0.25) is 0 Å². The summed E-state index contributed by atoms with van der Waals surface area (Å²) in [4.78, 5) is 16.4. The molecule has 21 heavy (non-hydrogen) atoms. The number of hydrogen-bond acceptors (Lipinski definition) is 5. The van der Waals surface area contributed by atoms with Gasteiger partial charge in [0.1, 0.15) is 23.7 Å². The number of methoxy groups -OCH3 is 1. The average molecular weight is 288 g/mol. The van der Waals surface area contributed by atoms with E-state index in [9.17, 15) is 9.90 Å². The number of phenols is 1. The van der Waals surface area contributed by atoms with Crippen molar-refractivity contribution in [1.29, 1.82) is 0 Å². The third-order valence-electron chi connectivity index (χ3n) is 3.59. The largest absolute Gasteiger partial charge is 0.507 e. The zero-order chi connectivity index (χ0) is 14.8. The molecule has 0 saturated carbocycles. The fourth-order valence-electron chi connectivity index (χ4n) is 2.45. The smallest absolute Gasteiger partial charge is 0.255 e. The zero-order valence-corrected chi connectivity index (χ0v) is 11.6. The molecule has 1 aliphatic heterocycles. The maximum Gasteiger partial charge on any atom is 0.255 e. The molecular weight excluding hydrogens is 272 g/mol. The molecule has 0 spiro atoms. The summed E-state index contributed by atoms with van der Waals surface area (Å²) < 4.78 is 6.79. The Morgan fingerprint density at radius 3 is 3.14 bits per heavy atom. The van der Waals surface area contributed by atoms with Crippen LogP contribution in [0.5, 0.6) is 11.5 Å². The van der Waals surface area contributed by atoms with E-state index in [1.807, 2.05) is 0 Å². The topological polar surface area (TPSA) is 89.3 Å². The Hall–Kier alpha value is -2.57. The van der Waals surface area contributed by atoms with Crippen LogP contribution in [0.4, 0.5) is 0 Å². The summed E-state index contributed by atoms with van der Waals surface area (Å²) in [6.07, 6.45) is 3.11. The highest BCUT2D eigenvalue weighted by atomic mass is 16.5. The number of carbonyl (C=O) groups is 1. The van der Waals surface area contributed by atoms with E-state index in [1.165, 1.54) is 19.5 Å². The summed E-state index contributed by atoms with van der Waals surface area (Å²) in [6, 6.07) is 4.59. The molecule has 1 unspecified atom stereocenters. The summed E-state index contributed by atoms with van der Waals surface area (Å²) in [5.41, 5.74) is 0.236. The van der Waals surface area contributed by atoms with Crippen LogP contribution in [-0.4, -0.2) is 38.9 Å². The minimum atomic E-state index is -0.302. The van der Waals surface area contributed by atoms with Gasteiger partial charge in [-0.3, -0.25) is 4.79 Å². The Bertz CT molecular complexity index is 668. The molecule has 0 radical (unpaired) electrons. The number of phenolic OH excluding ortho intramolecular Hbond substituents is 1. The van der Waals surface area contributed by atoms with Crippen molar-refractivity contribution in [3.8, 4) is 11.5 Å². The van der Waals surface area contributed by atoms with Crippen molar-refractivity contribution in [2.75, 3.05) is 7.11 Å². The van der Waals surface area contributed by atoms with Crippen molar-refractivity contribution in [1.82, 2.24) is 20.1 Å². The van der Waals surface area contributed by atoms with Gasteiger partial charge in [-0.2, -0.15) is 5.10 Å². The van der Waals surface area contributed by atoms with Crippen molar-refractivity contribution in [3.05, 3.63) is 35.9 Å². The third-order valence-corrected chi connectivity index (χ3v) is 3.59. The number of benzene rings is 1. The minimum absolute atomic E-state index is 0.0202. The Kier molecular flexibility index (Phi) is 3.47. The molecule has 110 valence electrons. The van der Waals surface area contributed by atoms with Gasteiger partial charge >= 0.3 is 0 Å². The van der Waals surface area contributed by atoms with Crippen molar-refractivity contribution in [2.45, 2.75) is 25.4 Å². The summed E-state index contributed by atoms with van der Waals surface area (Å²) in [5.74, 6) is 1.05. The molecule has 2 aromatic rings. The lowest BCUT2D eigenvalue weighted by molar-refractivity contribution is 0.0923. The molecule has 7 heteroatoms. The summed E-state index contributed by atoms with van der Waals surface area (Å²) in [5, 5.41) is 16.9. The van der Waals surface area contributed by atoms with Gasteiger partial charge in [0.25, 0.3) is 5.91 Å². The van der Waals surface area contributed by atoms with Crippen LogP contribution in [0.25, 0.3) is 0 Å². The number of fused-ring (bicyclic) bond motifs is 1. The minimum Gasteiger partial charge on any atom is -0.507 e.